The zero-order valence-corrected chi connectivity index (χ0v) is 21.6. The summed E-state index contributed by atoms with van der Waals surface area (Å²) < 4.78 is 16.1. The third kappa shape index (κ3) is 7.16. The number of thiophene rings is 1. The molecular formula is C24H34NO7PS. The van der Waals surface area contributed by atoms with E-state index in [0.29, 0.717) is 42.2 Å². The van der Waals surface area contributed by atoms with Crippen molar-refractivity contribution in [3.05, 3.63) is 15.8 Å². The molecule has 0 saturated heterocycles. The molecule has 10 heteroatoms. The van der Waals surface area contributed by atoms with E-state index in [4.69, 9.17) is 14.3 Å². The maximum atomic E-state index is 13.8. The number of carboxylic acid groups (broad SMARTS) is 1. The summed E-state index contributed by atoms with van der Waals surface area (Å²) in [4.78, 5) is 46.6. The number of hydrogen-bond donors (Lipinski definition) is 3. The smallest absolute Gasteiger partial charge is 0.469 e. The highest BCUT2D eigenvalue weighted by atomic mass is 32.1. The number of carbonyl (C=O) groups excluding carboxylic acids is 1. The Kier molecular flexibility index (Phi) is 8.99. The normalized spacial score (nSPS) is 25.5. The highest BCUT2D eigenvalue weighted by molar-refractivity contribution is 7.46. The highest BCUT2D eigenvalue weighted by Gasteiger charge is 2.38. The van der Waals surface area contributed by atoms with Crippen molar-refractivity contribution in [3.8, 4) is 11.8 Å². The zero-order chi connectivity index (χ0) is 25.0. The van der Waals surface area contributed by atoms with Crippen LogP contribution in [0.5, 0.6) is 0 Å². The number of phosphoric acid groups is 1. The summed E-state index contributed by atoms with van der Waals surface area (Å²) in [6, 6.07) is 1.45. The molecule has 34 heavy (non-hydrogen) atoms. The van der Waals surface area contributed by atoms with E-state index in [0.717, 1.165) is 37.0 Å². The lowest BCUT2D eigenvalue weighted by atomic mass is 9.81. The maximum absolute atomic E-state index is 13.8. The summed E-state index contributed by atoms with van der Waals surface area (Å²) >= 11 is 1.08. The van der Waals surface area contributed by atoms with Crippen LogP contribution in [0.2, 0.25) is 0 Å². The van der Waals surface area contributed by atoms with Crippen molar-refractivity contribution in [2.45, 2.75) is 84.3 Å². The number of carbonyl (C=O) groups is 2. The van der Waals surface area contributed by atoms with Gasteiger partial charge < -0.3 is 19.8 Å². The van der Waals surface area contributed by atoms with Crippen LogP contribution in [0.4, 0.5) is 5.69 Å². The maximum Gasteiger partial charge on any atom is 0.469 e. The lowest BCUT2D eigenvalue weighted by Gasteiger charge is -2.39. The Morgan fingerprint density at radius 2 is 1.74 bits per heavy atom. The number of hydrogen-bond acceptors (Lipinski definition) is 5. The van der Waals surface area contributed by atoms with Gasteiger partial charge in [-0.2, -0.15) is 0 Å². The van der Waals surface area contributed by atoms with E-state index in [-0.39, 0.29) is 28.7 Å². The van der Waals surface area contributed by atoms with Gasteiger partial charge in [-0.25, -0.2) is 9.36 Å². The Morgan fingerprint density at radius 3 is 2.26 bits per heavy atom. The van der Waals surface area contributed by atoms with Gasteiger partial charge in [0.15, 0.2) is 0 Å². The standard InChI is InChI=1S/C24H34NO7PS/c1-15(2)4-13-20-14-21(22(34-20)24(27)28)25(23(26)17-7-5-16(3)6-8-17)18-9-11-19(12-10-18)32-33(29,30)31/h14-19H,5-12H2,1-3H3,(H,27,28)(H2,29,30,31). The van der Waals surface area contributed by atoms with Crippen LogP contribution in [-0.2, 0) is 13.9 Å². The van der Waals surface area contributed by atoms with Crippen molar-refractivity contribution in [2.75, 3.05) is 4.90 Å². The molecule has 0 atom stereocenters. The predicted octanol–water partition coefficient (Wildman–Crippen LogP) is 5.03. The summed E-state index contributed by atoms with van der Waals surface area (Å²) in [5.74, 6) is 5.49. The van der Waals surface area contributed by atoms with E-state index in [9.17, 15) is 19.3 Å². The molecule has 0 unspecified atom stereocenters. The van der Waals surface area contributed by atoms with Crippen molar-refractivity contribution in [2.24, 2.45) is 17.8 Å². The van der Waals surface area contributed by atoms with Crippen LogP contribution in [0.1, 0.15) is 86.7 Å². The number of nitrogens with zero attached hydrogens (tertiary/aromatic N) is 1. The average molecular weight is 512 g/mol. The van der Waals surface area contributed by atoms with Crippen LogP contribution < -0.4 is 4.90 Å². The molecule has 1 aromatic rings. The summed E-state index contributed by atoms with van der Waals surface area (Å²) in [6.07, 6.45) is 4.61. The Labute approximate surface area is 204 Å². The molecule has 0 radical (unpaired) electrons. The van der Waals surface area contributed by atoms with E-state index < -0.39 is 19.9 Å². The molecule has 0 aromatic carbocycles. The number of carboxylic acids is 1. The van der Waals surface area contributed by atoms with E-state index in [1.165, 1.54) is 0 Å². The average Bonchev–Trinajstić information content (AvgIpc) is 3.17. The molecule has 188 valence electrons. The fraction of sp³-hybridized carbons (Fsp3) is 0.667. The molecule has 2 fully saturated rings. The van der Waals surface area contributed by atoms with Crippen molar-refractivity contribution in [1.82, 2.24) is 0 Å². The third-order valence-corrected chi connectivity index (χ3v) is 8.15. The van der Waals surface area contributed by atoms with Gasteiger partial charge in [0, 0.05) is 17.9 Å². The monoisotopic (exact) mass is 511 g/mol. The van der Waals surface area contributed by atoms with Gasteiger partial charge in [0.25, 0.3) is 0 Å². The molecule has 1 amide bonds. The van der Waals surface area contributed by atoms with Crippen molar-refractivity contribution in [3.63, 3.8) is 0 Å². The predicted molar refractivity (Wildman–Crippen MR) is 131 cm³/mol. The van der Waals surface area contributed by atoms with E-state index in [2.05, 4.69) is 18.8 Å². The van der Waals surface area contributed by atoms with Gasteiger partial charge >= 0.3 is 13.8 Å². The molecule has 3 rings (SSSR count). The van der Waals surface area contributed by atoms with Gasteiger partial charge in [-0.1, -0.05) is 32.6 Å². The van der Waals surface area contributed by atoms with Crippen molar-refractivity contribution >= 4 is 36.7 Å². The van der Waals surface area contributed by atoms with Gasteiger partial charge in [0.05, 0.1) is 16.7 Å². The Morgan fingerprint density at radius 1 is 1.12 bits per heavy atom. The molecule has 2 aliphatic carbocycles. The lowest BCUT2D eigenvalue weighted by Crippen LogP contribution is -2.47. The van der Waals surface area contributed by atoms with Crippen LogP contribution in [-0.4, -0.2) is 38.9 Å². The topological polar surface area (TPSA) is 124 Å². The lowest BCUT2D eigenvalue weighted by molar-refractivity contribution is -0.124. The molecule has 8 nitrogen and oxygen atoms in total. The van der Waals surface area contributed by atoms with Crippen LogP contribution in [0.3, 0.4) is 0 Å². The van der Waals surface area contributed by atoms with E-state index >= 15 is 0 Å². The first-order valence-corrected chi connectivity index (χ1v) is 14.2. The Balaban J connectivity index is 1.93. The first-order valence-electron chi connectivity index (χ1n) is 11.9. The number of amides is 1. The first kappa shape index (κ1) is 26.9. The first-order chi connectivity index (χ1) is 15.9. The van der Waals surface area contributed by atoms with Gasteiger partial charge in [0.1, 0.15) is 4.88 Å². The molecule has 1 aromatic heterocycles. The molecule has 0 spiro atoms. The number of aromatic carboxylic acids is 1. The van der Waals surface area contributed by atoms with Gasteiger partial charge in [-0.3, -0.25) is 9.32 Å². The molecule has 2 saturated carbocycles. The molecular weight excluding hydrogens is 477 g/mol. The second-order valence-electron chi connectivity index (χ2n) is 9.75. The number of rotatable bonds is 6. The SMILES string of the molecule is CC(C)C#Cc1cc(N(C(=O)C2CCC(C)CC2)C2CCC(OP(=O)(O)O)CC2)c(C(=O)O)s1. The fourth-order valence-electron chi connectivity index (χ4n) is 4.79. The summed E-state index contributed by atoms with van der Waals surface area (Å²) in [6.45, 7) is 6.09. The summed E-state index contributed by atoms with van der Waals surface area (Å²) in [5.41, 5.74) is 0.383. The summed E-state index contributed by atoms with van der Waals surface area (Å²) in [7, 11) is -4.59. The van der Waals surface area contributed by atoms with Crippen LogP contribution in [0, 0.1) is 29.6 Å². The fourth-order valence-corrected chi connectivity index (χ4v) is 6.24. The van der Waals surface area contributed by atoms with E-state index in [1.807, 2.05) is 13.8 Å². The minimum atomic E-state index is -4.59. The Hall–Kier alpha value is -1.69. The summed E-state index contributed by atoms with van der Waals surface area (Å²) in [5, 5.41) is 9.92. The molecule has 3 N–H and O–H groups in total. The second kappa shape index (κ2) is 11.4. The third-order valence-electron chi connectivity index (χ3n) is 6.55. The quantitative estimate of drug-likeness (QED) is 0.361. The van der Waals surface area contributed by atoms with Gasteiger partial charge in [-0.15, -0.1) is 11.3 Å². The zero-order valence-electron chi connectivity index (χ0n) is 19.9. The van der Waals surface area contributed by atoms with Crippen LogP contribution in [0.25, 0.3) is 0 Å². The number of phosphoric ester groups is 1. The Bertz CT molecular complexity index is 989. The van der Waals surface area contributed by atoms with Crippen molar-refractivity contribution < 1.29 is 33.6 Å². The largest absolute Gasteiger partial charge is 0.477 e. The second-order valence-corrected chi connectivity index (χ2v) is 12.0. The van der Waals surface area contributed by atoms with Gasteiger partial charge in [0.2, 0.25) is 5.91 Å². The minimum absolute atomic E-state index is 0.0603. The van der Waals surface area contributed by atoms with Crippen LogP contribution in [0.15, 0.2) is 6.07 Å². The van der Waals surface area contributed by atoms with Crippen LogP contribution >= 0.6 is 19.2 Å². The van der Waals surface area contributed by atoms with E-state index in [1.54, 1.807) is 11.0 Å². The molecule has 1 heterocycles. The molecule has 0 aliphatic heterocycles. The molecule has 2 aliphatic rings. The van der Waals surface area contributed by atoms with Gasteiger partial charge in [-0.05, 0) is 63.4 Å². The molecule has 0 bridgehead atoms. The minimum Gasteiger partial charge on any atom is -0.477 e. The van der Waals surface area contributed by atoms with Crippen molar-refractivity contribution in [1.29, 1.82) is 0 Å². The number of anilines is 1. The highest BCUT2D eigenvalue weighted by Crippen LogP contribution is 2.43.